The van der Waals surface area contributed by atoms with Crippen LogP contribution < -0.4 is 5.32 Å². The van der Waals surface area contributed by atoms with Crippen LogP contribution in [0.3, 0.4) is 0 Å². The van der Waals surface area contributed by atoms with Crippen LogP contribution in [0.2, 0.25) is 0 Å². The topological polar surface area (TPSA) is 46.2 Å². The SMILES string of the molecule is Cc1cc2c(cc1-c1ccc(/C=C3\SC(=O)NC3=O)cc1C(F)(F)F)C(C)(C)CCC2(C)C. The van der Waals surface area contributed by atoms with Gasteiger partial charge in [0.25, 0.3) is 11.1 Å². The monoisotopic (exact) mass is 473 g/mol. The highest BCUT2D eigenvalue weighted by atomic mass is 32.2. The van der Waals surface area contributed by atoms with E-state index in [2.05, 4.69) is 33.0 Å². The summed E-state index contributed by atoms with van der Waals surface area (Å²) in [6, 6.07) is 8.05. The molecule has 3 nitrogen and oxygen atoms in total. The molecule has 2 aromatic carbocycles. The predicted octanol–water partition coefficient (Wildman–Crippen LogP) is 7.35. The Morgan fingerprint density at radius 1 is 0.939 bits per heavy atom. The molecule has 1 saturated heterocycles. The summed E-state index contributed by atoms with van der Waals surface area (Å²) in [7, 11) is 0. The van der Waals surface area contributed by atoms with E-state index in [4.69, 9.17) is 0 Å². The first-order chi connectivity index (χ1) is 15.2. The number of aryl methyl sites for hydroxylation is 1. The molecule has 1 aliphatic heterocycles. The molecule has 0 bridgehead atoms. The van der Waals surface area contributed by atoms with Crippen LogP contribution in [0.25, 0.3) is 17.2 Å². The molecule has 174 valence electrons. The molecule has 0 radical (unpaired) electrons. The highest BCUT2D eigenvalue weighted by molar-refractivity contribution is 8.18. The third-order valence-electron chi connectivity index (χ3n) is 6.78. The number of hydrogen-bond donors (Lipinski definition) is 1. The number of carbonyl (C=O) groups is 2. The lowest BCUT2D eigenvalue weighted by Crippen LogP contribution is -2.34. The Morgan fingerprint density at radius 2 is 1.55 bits per heavy atom. The van der Waals surface area contributed by atoms with Gasteiger partial charge in [-0.1, -0.05) is 52.0 Å². The van der Waals surface area contributed by atoms with Gasteiger partial charge in [0.2, 0.25) is 0 Å². The highest BCUT2D eigenvalue weighted by Gasteiger charge is 2.39. The van der Waals surface area contributed by atoms with E-state index in [-0.39, 0.29) is 26.9 Å². The van der Waals surface area contributed by atoms with Gasteiger partial charge in [0, 0.05) is 0 Å². The van der Waals surface area contributed by atoms with Crippen molar-refractivity contribution in [3.63, 3.8) is 0 Å². The Labute approximate surface area is 195 Å². The standard InChI is InChI=1S/C26H26F3NO2S/c1-14-10-19-20(25(4,5)9-8-24(19,2)3)13-17(14)16-7-6-15(11-18(16)26(27,28)29)12-21-22(31)30-23(32)33-21/h6-7,10-13H,8-9H2,1-5H3,(H,30,31,32)/b21-12-. The maximum atomic E-state index is 14.2. The molecule has 0 saturated carbocycles. The molecule has 0 unspecified atom stereocenters. The summed E-state index contributed by atoms with van der Waals surface area (Å²) in [6.07, 6.45) is -1.28. The second kappa shape index (κ2) is 7.76. The summed E-state index contributed by atoms with van der Waals surface area (Å²) in [5, 5.41) is 1.58. The van der Waals surface area contributed by atoms with E-state index in [0.29, 0.717) is 17.3 Å². The van der Waals surface area contributed by atoms with Gasteiger partial charge in [0.1, 0.15) is 0 Å². The first-order valence-corrected chi connectivity index (χ1v) is 11.6. The molecule has 1 aliphatic carbocycles. The van der Waals surface area contributed by atoms with E-state index >= 15 is 0 Å². The average Bonchev–Trinajstić information content (AvgIpc) is 3.01. The largest absolute Gasteiger partial charge is 0.417 e. The quantitative estimate of drug-likeness (QED) is 0.464. The Kier molecular flexibility index (Phi) is 5.55. The van der Waals surface area contributed by atoms with Gasteiger partial charge in [0.05, 0.1) is 10.5 Å². The van der Waals surface area contributed by atoms with Crippen LogP contribution >= 0.6 is 11.8 Å². The molecule has 0 aromatic heterocycles. The van der Waals surface area contributed by atoms with Crippen LogP contribution in [0.5, 0.6) is 0 Å². The zero-order chi connectivity index (χ0) is 24.3. The number of rotatable bonds is 2. The van der Waals surface area contributed by atoms with Crippen molar-refractivity contribution in [3.05, 3.63) is 63.1 Å². The molecule has 2 aliphatic rings. The minimum absolute atomic E-state index is 0.0337. The summed E-state index contributed by atoms with van der Waals surface area (Å²) < 4.78 is 42.5. The fraction of sp³-hybridized carbons (Fsp3) is 0.385. The lowest BCUT2D eigenvalue weighted by Gasteiger charge is -2.42. The van der Waals surface area contributed by atoms with Gasteiger partial charge in [-0.3, -0.25) is 14.9 Å². The molecule has 4 rings (SSSR count). The Hall–Kier alpha value is -2.54. The Morgan fingerprint density at radius 3 is 2.09 bits per heavy atom. The highest BCUT2D eigenvalue weighted by Crippen LogP contribution is 2.49. The summed E-state index contributed by atoms with van der Waals surface area (Å²) in [6.45, 7) is 10.5. The molecule has 0 spiro atoms. The summed E-state index contributed by atoms with van der Waals surface area (Å²) in [4.78, 5) is 23.3. The fourth-order valence-electron chi connectivity index (χ4n) is 4.71. The van der Waals surface area contributed by atoms with Gasteiger partial charge < -0.3 is 0 Å². The number of amides is 2. The van der Waals surface area contributed by atoms with E-state index in [1.54, 1.807) is 6.07 Å². The number of carbonyl (C=O) groups excluding carboxylic acids is 2. The van der Waals surface area contributed by atoms with Crippen LogP contribution in [-0.2, 0) is 21.8 Å². The zero-order valence-corrected chi connectivity index (χ0v) is 20.1. The van der Waals surface area contributed by atoms with Gasteiger partial charge in [-0.25, -0.2) is 0 Å². The molecule has 7 heteroatoms. The van der Waals surface area contributed by atoms with E-state index in [1.807, 2.05) is 19.1 Å². The van der Waals surface area contributed by atoms with Crippen LogP contribution in [0, 0.1) is 6.92 Å². The van der Waals surface area contributed by atoms with E-state index in [9.17, 15) is 22.8 Å². The van der Waals surface area contributed by atoms with E-state index in [1.165, 1.54) is 17.7 Å². The number of halogens is 3. The molecule has 0 atom stereocenters. The van der Waals surface area contributed by atoms with Gasteiger partial charge >= 0.3 is 6.18 Å². The van der Waals surface area contributed by atoms with Gasteiger partial charge in [0.15, 0.2) is 0 Å². The molecule has 33 heavy (non-hydrogen) atoms. The summed E-state index contributed by atoms with van der Waals surface area (Å²) in [5.74, 6) is -0.599. The number of thioether (sulfide) groups is 1. The molecule has 2 aromatic rings. The molecule has 1 heterocycles. The molecule has 1 fully saturated rings. The number of imide groups is 1. The molecule has 2 amide bonds. The predicted molar refractivity (Wildman–Crippen MR) is 126 cm³/mol. The second-order valence-electron chi connectivity index (χ2n) is 10.1. The van der Waals surface area contributed by atoms with Crippen LogP contribution in [0.4, 0.5) is 18.0 Å². The lowest BCUT2D eigenvalue weighted by molar-refractivity contribution is -0.137. The Balaban J connectivity index is 1.89. The zero-order valence-electron chi connectivity index (χ0n) is 19.2. The lowest BCUT2D eigenvalue weighted by atomic mass is 9.62. The number of fused-ring (bicyclic) bond motifs is 1. The van der Waals surface area contributed by atoms with Crippen molar-refractivity contribution < 1.29 is 22.8 Å². The Bertz CT molecular complexity index is 1210. The van der Waals surface area contributed by atoms with Gasteiger partial charge in [-0.15, -0.1) is 0 Å². The molecular formula is C26H26F3NO2S. The fourth-order valence-corrected chi connectivity index (χ4v) is 5.39. The van der Waals surface area contributed by atoms with Crippen molar-refractivity contribution in [3.8, 4) is 11.1 Å². The first-order valence-electron chi connectivity index (χ1n) is 10.8. The van der Waals surface area contributed by atoms with Crippen molar-refractivity contribution >= 4 is 29.0 Å². The van der Waals surface area contributed by atoms with Crippen molar-refractivity contribution in [2.75, 3.05) is 0 Å². The van der Waals surface area contributed by atoms with Crippen molar-refractivity contribution in [2.24, 2.45) is 0 Å². The third-order valence-corrected chi connectivity index (χ3v) is 7.59. The number of hydrogen-bond acceptors (Lipinski definition) is 3. The van der Waals surface area contributed by atoms with E-state index < -0.39 is 22.9 Å². The van der Waals surface area contributed by atoms with Crippen LogP contribution in [-0.4, -0.2) is 11.1 Å². The summed E-state index contributed by atoms with van der Waals surface area (Å²) >= 11 is 0.680. The second-order valence-corrected chi connectivity index (χ2v) is 11.2. The number of alkyl halides is 3. The number of nitrogens with one attached hydrogen (secondary N) is 1. The van der Waals surface area contributed by atoms with Crippen molar-refractivity contribution in [2.45, 2.75) is 64.5 Å². The molecular weight excluding hydrogens is 447 g/mol. The molecule has 1 N–H and O–H groups in total. The maximum Gasteiger partial charge on any atom is 0.417 e. The van der Waals surface area contributed by atoms with Crippen molar-refractivity contribution in [1.82, 2.24) is 5.32 Å². The normalized spacial score (nSPS) is 20.7. The third kappa shape index (κ3) is 4.35. The first kappa shape index (κ1) is 23.6. The van der Waals surface area contributed by atoms with Gasteiger partial charge in [-0.2, -0.15) is 13.2 Å². The van der Waals surface area contributed by atoms with Crippen LogP contribution in [0.1, 0.15) is 68.4 Å². The number of benzene rings is 2. The minimum atomic E-state index is -4.58. The van der Waals surface area contributed by atoms with Gasteiger partial charge in [-0.05, 0) is 87.9 Å². The van der Waals surface area contributed by atoms with Crippen LogP contribution in [0.15, 0.2) is 35.2 Å². The smallest absolute Gasteiger partial charge is 0.282 e. The maximum absolute atomic E-state index is 14.2. The van der Waals surface area contributed by atoms with Crippen molar-refractivity contribution in [1.29, 1.82) is 0 Å². The average molecular weight is 474 g/mol. The summed E-state index contributed by atoms with van der Waals surface area (Å²) in [5.41, 5.74) is 3.06. The minimum Gasteiger partial charge on any atom is -0.282 e. The van der Waals surface area contributed by atoms with E-state index in [0.717, 1.165) is 30.0 Å².